The standard InChI is InChI=1S/C9H8N2O3/c12-4-3-9-10-8(11-14-9)6-7-2-1-5-13-7/h1-2,4-5H,3,6H2. The van der Waals surface area contributed by atoms with Crippen molar-refractivity contribution in [2.24, 2.45) is 0 Å². The van der Waals surface area contributed by atoms with Gasteiger partial charge in [0.05, 0.1) is 19.1 Å². The zero-order valence-electron chi connectivity index (χ0n) is 7.34. The Morgan fingerprint density at radius 1 is 1.50 bits per heavy atom. The minimum Gasteiger partial charge on any atom is -0.469 e. The third-order valence-electron chi connectivity index (χ3n) is 1.68. The third kappa shape index (κ3) is 1.87. The summed E-state index contributed by atoms with van der Waals surface area (Å²) in [5.74, 6) is 1.63. The summed E-state index contributed by atoms with van der Waals surface area (Å²) in [7, 11) is 0. The van der Waals surface area contributed by atoms with Crippen molar-refractivity contribution >= 4 is 6.29 Å². The largest absolute Gasteiger partial charge is 0.469 e. The molecule has 0 amide bonds. The molecule has 2 heterocycles. The van der Waals surface area contributed by atoms with Crippen LogP contribution in [0.1, 0.15) is 17.5 Å². The highest BCUT2D eigenvalue weighted by Crippen LogP contribution is 2.07. The van der Waals surface area contributed by atoms with Gasteiger partial charge >= 0.3 is 0 Å². The molecule has 0 aliphatic heterocycles. The number of carbonyl (C=O) groups is 1. The minimum atomic E-state index is 0.158. The van der Waals surface area contributed by atoms with Crippen molar-refractivity contribution in [1.82, 2.24) is 10.1 Å². The number of aldehydes is 1. The van der Waals surface area contributed by atoms with E-state index >= 15 is 0 Å². The van der Waals surface area contributed by atoms with E-state index in [1.54, 1.807) is 12.3 Å². The second-order valence-corrected chi connectivity index (χ2v) is 2.73. The van der Waals surface area contributed by atoms with Gasteiger partial charge in [-0.2, -0.15) is 4.98 Å². The summed E-state index contributed by atoms with van der Waals surface area (Å²) in [6, 6.07) is 3.62. The molecule has 0 saturated heterocycles. The van der Waals surface area contributed by atoms with Gasteiger partial charge in [0.2, 0.25) is 5.89 Å². The molecule has 0 aliphatic rings. The number of hydrogen-bond donors (Lipinski definition) is 0. The van der Waals surface area contributed by atoms with Crippen molar-refractivity contribution in [3.8, 4) is 0 Å². The van der Waals surface area contributed by atoms with Crippen LogP contribution in [0.5, 0.6) is 0 Å². The zero-order valence-corrected chi connectivity index (χ0v) is 7.34. The summed E-state index contributed by atoms with van der Waals surface area (Å²) < 4.78 is 9.94. The van der Waals surface area contributed by atoms with Gasteiger partial charge in [-0.1, -0.05) is 5.16 Å². The van der Waals surface area contributed by atoms with Crippen molar-refractivity contribution in [3.63, 3.8) is 0 Å². The predicted octanol–water partition coefficient (Wildman–Crippen LogP) is 0.995. The fourth-order valence-electron chi connectivity index (χ4n) is 1.09. The molecule has 0 fully saturated rings. The predicted molar refractivity (Wildman–Crippen MR) is 45.6 cm³/mol. The first-order valence-electron chi connectivity index (χ1n) is 4.16. The minimum absolute atomic E-state index is 0.158. The maximum atomic E-state index is 10.2. The molecule has 2 rings (SSSR count). The van der Waals surface area contributed by atoms with E-state index in [0.717, 1.165) is 12.0 Å². The van der Waals surface area contributed by atoms with Crippen LogP contribution in [0.4, 0.5) is 0 Å². The molecule has 0 radical (unpaired) electrons. The van der Waals surface area contributed by atoms with Gasteiger partial charge < -0.3 is 13.7 Å². The van der Waals surface area contributed by atoms with Crippen molar-refractivity contribution in [3.05, 3.63) is 35.9 Å². The molecule has 0 unspecified atom stereocenters. The Labute approximate surface area is 79.7 Å². The summed E-state index contributed by atoms with van der Waals surface area (Å²) in [5.41, 5.74) is 0. The van der Waals surface area contributed by atoms with Crippen LogP contribution in [-0.2, 0) is 17.6 Å². The van der Waals surface area contributed by atoms with E-state index in [-0.39, 0.29) is 6.42 Å². The highest BCUT2D eigenvalue weighted by atomic mass is 16.5. The SMILES string of the molecule is O=CCc1nc(Cc2ccco2)no1. The molecule has 14 heavy (non-hydrogen) atoms. The molecule has 0 aromatic carbocycles. The summed E-state index contributed by atoms with van der Waals surface area (Å²) in [6.07, 6.45) is 2.95. The van der Waals surface area contributed by atoms with Crippen LogP contribution in [0.15, 0.2) is 27.3 Å². The normalized spacial score (nSPS) is 10.3. The Morgan fingerprint density at radius 2 is 2.43 bits per heavy atom. The number of aromatic nitrogens is 2. The summed E-state index contributed by atoms with van der Waals surface area (Å²) >= 11 is 0. The van der Waals surface area contributed by atoms with E-state index in [4.69, 9.17) is 8.94 Å². The molecule has 0 spiro atoms. The Kier molecular flexibility index (Phi) is 2.40. The molecule has 0 atom stereocenters. The van der Waals surface area contributed by atoms with E-state index in [1.807, 2.05) is 6.07 Å². The Balaban J connectivity index is 2.06. The van der Waals surface area contributed by atoms with E-state index < -0.39 is 0 Å². The quantitative estimate of drug-likeness (QED) is 0.676. The lowest BCUT2D eigenvalue weighted by molar-refractivity contribution is -0.107. The van der Waals surface area contributed by atoms with Gasteiger partial charge in [0, 0.05) is 0 Å². The molecule has 2 aromatic heterocycles. The number of nitrogens with zero attached hydrogens (tertiary/aromatic N) is 2. The second kappa shape index (κ2) is 3.87. The highest BCUT2D eigenvalue weighted by Gasteiger charge is 2.07. The molecule has 2 aromatic rings. The van der Waals surface area contributed by atoms with Crippen LogP contribution in [0.2, 0.25) is 0 Å². The first-order valence-corrected chi connectivity index (χ1v) is 4.16. The molecule has 0 N–H and O–H groups in total. The fraction of sp³-hybridized carbons (Fsp3) is 0.222. The van der Waals surface area contributed by atoms with E-state index in [1.165, 1.54) is 0 Å². The molecular weight excluding hydrogens is 184 g/mol. The Bertz CT molecular complexity index is 405. The lowest BCUT2D eigenvalue weighted by Crippen LogP contribution is -1.90. The molecule has 0 aliphatic carbocycles. The summed E-state index contributed by atoms with van der Waals surface area (Å²) in [6.45, 7) is 0. The van der Waals surface area contributed by atoms with Crippen LogP contribution < -0.4 is 0 Å². The highest BCUT2D eigenvalue weighted by molar-refractivity contribution is 5.52. The number of rotatable bonds is 4. The maximum absolute atomic E-state index is 10.2. The number of carbonyl (C=O) groups excluding carboxylic acids is 1. The average molecular weight is 192 g/mol. The van der Waals surface area contributed by atoms with Crippen LogP contribution >= 0.6 is 0 Å². The van der Waals surface area contributed by atoms with Crippen LogP contribution in [0.3, 0.4) is 0 Å². The molecule has 72 valence electrons. The molecule has 5 heteroatoms. The number of furan rings is 1. The first-order chi connectivity index (χ1) is 6.88. The van der Waals surface area contributed by atoms with Gasteiger partial charge in [-0.25, -0.2) is 0 Å². The molecule has 0 saturated carbocycles. The van der Waals surface area contributed by atoms with Gasteiger partial charge in [-0.05, 0) is 12.1 Å². The number of hydrogen-bond acceptors (Lipinski definition) is 5. The van der Waals surface area contributed by atoms with Crippen molar-refractivity contribution in [1.29, 1.82) is 0 Å². The summed E-state index contributed by atoms with van der Waals surface area (Å²) in [4.78, 5) is 14.2. The lowest BCUT2D eigenvalue weighted by atomic mass is 10.3. The Hall–Kier alpha value is -1.91. The van der Waals surface area contributed by atoms with Crippen LogP contribution in [0.25, 0.3) is 0 Å². The average Bonchev–Trinajstić information content (AvgIpc) is 2.79. The van der Waals surface area contributed by atoms with Crippen LogP contribution in [0, 0.1) is 0 Å². The summed E-state index contributed by atoms with van der Waals surface area (Å²) in [5, 5.41) is 3.70. The van der Waals surface area contributed by atoms with E-state index in [0.29, 0.717) is 18.1 Å². The van der Waals surface area contributed by atoms with Gasteiger partial charge in [-0.15, -0.1) is 0 Å². The van der Waals surface area contributed by atoms with Gasteiger partial charge in [-0.3, -0.25) is 0 Å². The molecule has 0 bridgehead atoms. The zero-order chi connectivity index (χ0) is 9.80. The molecule has 5 nitrogen and oxygen atoms in total. The molecular formula is C9H8N2O3. The van der Waals surface area contributed by atoms with Gasteiger partial charge in [0.1, 0.15) is 12.0 Å². The van der Waals surface area contributed by atoms with Crippen molar-refractivity contribution < 1.29 is 13.7 Å². The second-order valence-electron chi connectivity index (χ2n) is 2.73. The third-order valence-corrected chi connectivity index (χ3v) is 1.68. The van der Waals surface area contributed by atoms with Gasteiger partial charge in [0.25, 0.3) is 0 Å². The van der Waals surface area contributed by atoms with Crippen molar-refractivity contribution in [2.75, 3.05) is 0 Å². The fourth-order valence-corrected chi connectivity index (χ4v) is 1.09. The van der Waals surface area contributed by atoms with E-state index in [9.17, 15) is 4.79 Å². The van der Waals surface area contributed by atoms with Crippen molar-refractivity contribution in [2.45, 2.75) is 12.8 Å². The maximum Gasteiger partial charge on any atom is 0.233 e. The van der Waals surface area contributed by atoms with Gasteiger partial charge in [0.15, 0.2) is 5.82 Å². The Morgan fingerprint density at radius 3 is 3.14 bits per heavy atom. The monoisotopic (exact) mass is 192 g/mol. The topological polar surface area (TPSA) is 69.1 Å². The smallest absolute Gasteiger partial charge is 0.233 e. The first kappa shape index (κ1) is 8.68. The van der Waals surface area contributed by atoms with Crippen LogP contribution in [-0.4, -0.2) is 16.4 Å². The van der Waals surface area contributed by atoms with E-state index in [2.05, 4.69) is 10.1 Å². The lowest BCUT2D eigenvalue weighted by Gasteiger charge is -1.86.